The van der Waals surface area contributed by atoms with Crippen LogP contribution in [-0.2, 0) is 20.9 Å². The van der Waals surface area contributed by atoms with E-state index in [1.165, 1.54) is 6.08 Å². The maximum Gasteiger partial charge on any atom is 0.328 e. The topological polar surface area (TPSA) is 91.8 Å². The molecule has 3 heterocycles. The summed E-state index contributed by atoms with van der Waals surface area (Å²) in [5.74, 6) is -0.594. The van der Waals surface area contributed by atoms with Crippen LogP contribution in [0.5, 0.6) is 0 Å². The molecule has 21 heavy (non-hydrogen) atoms. The van der Waals surface area contributed by atoms with E-state index < -0.39 is 5.97 Å². The van der Waals surface area contributed by atoms with Gasteiger partial charge in [-0.1, -0.05) is 0 Å². The lowest BCUT2D eigenvalue weighted by Crippen LogP contribution is -2.49. The van der Waals surface area contributed by atoms with Crippen LogP contribution in [0.25, 0.3) is 6.08 Å². The predicted octanol–water partition coefficient (Wildman–Crippen LogP) is 0.332. The zero-order valence-corrected chi connectivity index (χ0v) is 11.3. The van der Waals surface area contributed by atoms with Crippen molar-refractivity contribution in [1.29, 1.82) is 0 Å². The molecule has 1 saturated heterocycles. The number of carboxylic acids is 1. The fraction of sp³-hybridized carbons (Fsp3) is 0.357. The van der Waals surface area contributed by atoms with Gasteiger partial charge in [-0.15, -0.1) is 0 Å². The number of fused-ring (bicyclic) bond motifs is 2. The zero-order chi connectivity index (χ0) is 14.8. The minimum atomic E-state index is -1.01. The average molecular weight is 289 g/mol. The molecule has 1 aromatic heterocycles. The number of nitrogens with zero attached hydrogens (tertiary/aromatic N) is 2. The van der Waals surface area contributed by atoms with E-state index in [1.54, 1.807) is 6.20 Å². The van der Waals surface area contributed by atoms with Gasteiger partial charge in [0.05, 0.1) is 13.2 Å². The van der Waals surface area contributed by atoms with Crippen molar-refractivity contribution in [1.82, 2.24) is 9.88 Å². The second kappa shape index (κ2) is 5.63. The van der Waals surface area contributed by atoms with Crippen LogP contribution in [0.4, 0.5) is 5.82 Å². The number of amides is 1. The number of hydrogen-bond acceptors (Lipinski definition) is 5. The third-order valence-electron chi connectivity index (χ3n) is 3.56. The molecule has 1 aromatic rings. The van der Waals surface area contributed by atoms with Crippen molar-refractivity contribution in [3.63, 3.8) is 0 Å². The molecule has 3 rings (SSSR count). The minimum Gasteiger partial charge on any atom is -0.478 e. The van der Waals surface area contributed by atoms with Crippen molar-refractivity contribution in [2.45, 2.75) is 12.6 Å². The Morgan fingerprint density at radius 1 is 1.57 bits per heavy atom. The molecular formula is C14H15N3O4. The SMILES string of the molecule is O=C(O)/C=C/c1cnc2c(c1)CN1CCOCC1C(=O)N2. The van der Waals surface area contributed by atoms with Crippen LogP contribution in [0.15, 0.2) is 18.3 Å². The summed E-state index contributed by atoms with van der Waals surface area (Å²) >= 11 is 0. The van der Waals surface area contributed by atoms with Crippen LogP contribution in [0.1, 0.15) is 11.1 Å². The number of carboxylic acid groups (broad SMARTS) is 1. The number of carbonyl (C=O) groups excluding carboxylic acids is 1. The second-order valence-electron chi connectivity index (χ2n) is 5.00. The van der Waals surface area contributed by atoms with E-state index in [0.717, 1.165) is 11.6 Å². The number of hydrogen-bond donors (Lipinski definition) is 2. The Hall–Kier alpha value is -2.25. The fourth-order valence-corrected chi connectivity index (χ4v) is 2.51. The molecule has 1 atom stereocenters. The highest BCUT2D eigenvalue weighted by Gasteiger charge is 2.33. The lowest BCUT2D eigenvalue weighted by atomic mass is 10.1. The monoisotopic (exact) mass is 289 g/mol. The van der Waals surface area contributed by atoms with Gasteiger partial charge < -0.3 is 15.2 Å². The fourth-order valence-electron chi connectivity index (χ4n) is 2.51. The smallest absolute Gasteiger partial charge is 0.328 e. The van der Waals surface area contributed by atoms with Crippen molar-refractivity contribution >= 4 is 23.8 Å². The number of pyridine rings is 1. The van der Waals surface area contributed by atoms with Crippen molar-refractivity contribution in [3.05, 3.63) is 29.5 Å². The van der Waals surface area contributed by atoms with Gasteiger partial charge >= 0.3 is 5.97 Å². The van der Waals surface area contributed by atoms with Crippen LogP contribution in [0, 0.1) is 0 Å². The Balaban J connectivity index is 1.90. The molecule has 1 amide bonds. The lowest BCUT2D eigenvalue weighted by molar-refractivity contribution is -0.131. The molecule has 0 saturated carbocycles. The van der Waals surface area contributed by atoms with E-state index in [-0.39, 0.29) is 11.9 Å². The summed E-state index contributed by atoms with van der Waals surface area (Å²) in [7, 11) is 0. The van der Waals surface area contributed by atoms with E-state index in [1.807, 2.05) is 6.07 Å². The van der Waals surface area contributed by atoms with Crippen molar-refractivity contribution in [3.8, 4) is 0 Å². The summed E-state index contributed by atoms with van der Waals surface area (Å²) in [6.07, 6.45) is 4.09. The first-order valence-corrected chi connectivity index (χ1v) is 6.66. The Morgan fingerprint density at radius 2 is 2.43 bits per heavy atom. The standard InChI is InChI=1S/C14H15N3O4/c18-12(19)2-1-9-5-10-7-17-3-4-21-8-11(17)14(20)16-13(10)15-6-9/h1-2,5-6,11H,3-4,7-8H2,(H,18,19)(H,15,16,20)/b2-1+. The second-order valence-corrected chi connectivity index (χ2v) is 5.00. The quantitative estimate of drug-likeness (QED) is 0.762. The first-order valence-electron chi connectivity index (χ1n) is 6.66. The highest BCUT2D eigenvalue weighted by Crippen LogP contribution is 2.24. The Kier molecular flexibility index (Phi) is 3.68. The normalized spacial score (nSPS) is 22.3. The summed E-state index contributed by atoms with van der Waals surface area (Å²) in [5, 5.41) is 11.5. The number of nitrogens with one attached hydrogen (secondary N) is 1. The number of morpholine rings is 1. The highest BCUT2D eigenvalue weighted by atomic mass is 16.5. The summed E-state index contributed by atoms with van der Waals surface area (Å²) in [4.78, 5) is 29.0. The van der Waals surface area contributed by atoms with Gasteiger partial charge in [0.1, 0.15) is 11.9 Å². The van der Waals surface area contributed by atoms with Gasteiger partial charge in [-0.2, -0.15) is 0 Å². The van der Waals surface area contributed by atoms with E-state index in [0.29, 0.717) is 37.7 Å². The van der Waals surface area contributed by atoms with E-state index in [2.05, 4.69) is 15.2 Å². The van der Waals surface area contributed by atoms with Gasteiger partial charge in [0.15, 0.2) is 0 Å². The number of rotatable bonds is 2. The largest absolute Gasteiger partial charge is 0.478 e. The summed E-state index contributed by atoms with van der Waals surface area (Å²) in [6, 6.07) is 1.55. The number of aliphatic carboxylic acids is 1. The first-order chi connectivity index (χ1) is 10.1. The molecule has 0 bridgehead atoms. The molecule has 7 nitrogen and oxygen atoms in total. The minimum absolute atomic E-state index is 0.116. The van der Waals surface area contributed by atoms with Gasteiger partial charge in [-0.05, 0) is 17.7 Å². The molecule has 1 unspecified atom stereocenters. The van der Waals surface area contributed by atoms with E-state index >= 15 is 0 Å². The molecule has 0 spiro atoms. The molecule has 7 heteroatoms. The molecule has 1 fully saturated rings. The Labute approximate surface area is 121 Å². The molecule has 2 N–H and O–H groups in total. The molecule has 2 aliphatic heterocycles. The van der Waals surface area contributed by atoms with Gasteiger partial charge in [0.2, 0.25) is 5.91 Å². The maximum absolute atomic E-state index is 12.1. The third kappa shape index (κ3) is 2.93. The van der Waals surface area contributed by atoms with Gasteiger partial charge in [-0.3, -0.25) is 9.69 Å². The van der Waals surface area contributed by atoms with Crippen LogP contribution >= 0.6 is 0 Å². The Morgan fingerprint density at radius 3 is 3.24 bits per heavy atom. The summed E-state index contributed by atoms with van der Waals surface area (Å²) in [6.45, 7) is 2.26. The first kappa shape index (κ1) is 13.7. The number of ether oxygens (including phenoxy) is 1. The third-order valence-corrected chi connectivity index (χ3v) is 3.56. The predicted molar refractivity (Wildman–Crippen MR) is 74.6 cm³/mol. The van der Waals surface area contributed by atoms with Crippen molar-refractivity contribution in [2.24, 2.45) is 0 Å². The van der Waals surface area contributed by atoms with Crippen LogP contribution in [-0.4, -0.2) is 52.7 Å². The van der Waals surface area contributed by atoms with Gasteiger partial charge in [0, 0.05) is 30.9 Å². The van der Waals surface area contributed by atoms with Gasteiger partial charge in [0.25, 0.3) is 0 Å². The zero-order valence-electron chi connectivity index (χ0n) is 11.3. The molecule has 0 aliphatic carbocycles. The molecule has 0 aromatic carbocycles. The number of carbonyl (C=O) groups is 2. The van der Waals surface area contributed by atoms with Crippen molar-refractivity contribution < 1.29 is 19.4 Å². The maximum atomic E-state index is 12.1. The summed E-state index contributed by atoms with van der Waals surface area (Å²) in [5.41, 5.74) is 1.57. The van der Waals surface area contributed by atoms with Crippen LogP contribution in [0.3, 0.4) is 0 Å². The highest BCUT2D eigenvalue weighted by molar-refractivity contribution is 5.95. The van der Waals surface area contributed by atoms with E-state index in [9.17, 15) is 9.59 Å². The lowest BCUT2D eigenvalue weighted by Gasteiger charge is -2.32. The molecular weight excluding hydrogens is 274 g/mol. The van der Waals surface area contributed by atoms with Gasteiger partial charge in [-0.25, -0.2) is 9.78 Å². The number of anilines is 1. The van der Waals surface area contributed by atoms with E-state index in [4.69, 9.17) is 9.84 Å². The average Bonchev–Trinajstić information content (AvgIpc) is 2.61. The number of aromatic nitrogens is 1. The van der Waals surface area contributed by atoms with Crippen LogP contribution < -0.4 is 5.32 Å². The Bertz CT molecular complexity index is 614. The van der Waals surface area contributed by atoms with Crippen molar-refractivity contribution in [2.75, 3.05) is 25.1 Å². The molecule has 110 valence electrons. The van der Waals surface area contributed by atoms with Crippen LogP contribution in [0.2, 0.25) is 0 Å². The summed E-state index contributed by atoms with van der Waals surface area (Å²) < 4.78 is 5.35. The molecule has 0 radical (unpaired) electrons. The molecule has 2 aliphatic rings.